The second kappa shape index (κ2) is 25.0. The van der Waals surface area contributed by atoms with Gasteiger partial charge < -0.3 is 5.11 Å². The molecule has 0 radical (unpaired) electrons. The van der Waals surface area contributed by atoms with Gasteiger partial charge in [-0.25, -0.2) is 0 Å². The Bertz CT molecular complexity index is 255. The van der Waals surface area contributed by atoms with Crippen LogP contribution < -0.4 is 0 Å². The van der Waals surface area contributed by atoms with Crippen molar-refractivity contribution in [2.24, 2.45) is 29.1 Å². The molecule has 1 rings (SSSR count). The van der Waals surface area contributed by atoms with E-state index in [9.17, 15) is 0 Å². The Balaban J connectivity index is -0.000000176. The van der Waals surface area contributed by atoms with Crippen LogP contribution in [0.1, 0.15) is 141 Å². The van der Waals surface area contributed by atoms with E-state index in [0.717, 1.165) is 30.1 Å². The van der Waals surface area contributed by atoms with Crippen molar-refractivity contribution < 1.29 is 5.11 Å². The number of aliphatic hydroxyl groups is 1. The van der Waals surface area contributed by atoms with Crippen LogP contribution in [-0.4, -0.2) is 11.7 Å². The SMILES string of the molecule is CC.CC.CC.CC(C)CCC1C(C)CCCC1(C)C.CC(C)CCCCO. The minimum Gasteiger partial charge on any atom is -0.396 e. The molecular weight excluding hydrogens is 340 g/mol. The molecule has 1 aliphatic rings. The third kappa shape index (κ3) is 22.3. The van der Waals surface area contributed by atoms with Gasteiger partial charge in [0.15, 0.2) is 0 Å². The zero-order chi connectivity index (χ0) is 23.2. The first kappa shape index (κ1) is 35.4. The highest BCUT2D eigenvalue weighted by Crippen LogP contribution is 2.46. The lowest BCUT2D eigenvalue weighted by Gasteiger charge is -2.43. The first-order valence-corrected chi connectivity index (χ1v) is 12.8. The highest BCUT2D eigenvalue weighted by atomic mass is 16.2. The van der Waals surface area contributed by atoms with Gasteiger partial charge >= 0.3 is 0 Å². The van der Waals surface area contributed by atoms with Crippen LogP contribution >= 0.6 is 0 Å². The molecule has 1 nitrogen and oxygen atoms in total. The molecule has 28 heavy (non-hydrogen) atoms. The Morgan fingerprint density at radius 2 is 1.29 bits per heavy atom. The standard InChI is InChI=1S/C14H28.C7H16O.3C2H6/c1-11(2)8-9-13-12(3)7-6-10-14(13,4)5;1-7(2)5-3-4-6-8;3*1-2/h11-13H,6-10H2,1-5H3;7-8H,3-6H2,1-2H3;3*1-2H3. The molecule has 1 saturated carbocycles. The van der Waals surface area contributed by atoms with E-state index in [0.29, 0.717) is 12.0 Å². The Morgan fingerprint density at radius 1 is 0.821 bits per heavy atom. The lowest BCUT2D eigenvalue weighted by molar-refractivity contribution is 0.0717. The van der Waals surface area contributed by atoms with Crippen LogP contribution in [-0.2, 0) is 0 Å². The van der Waals surface area contributed by atoms with Gasteiger partial charge in [0.05, 0.1) is 0 Å². The van der Waals surface area contributed by atoms with E-state index in [-0.39, 0.29) is 0 Å². The quantitative estimate of drug-likeness (QED) is 0.420. The molecule has 0 spiro atoms. The predicted molar refractivity (Wildman–Crippen MR) is 134 cm³/mol. The largest absolute Gasteiger partial charge is 0.396 e. The maximum Gasteiger partial charge on any atom is 0.0431 e. The monoisotopic (exact) mass is 402 g/mol. The molecule has 1 heteroatoms. The van der Waals surface area contributed by atoms with E-state index in [1.54, 1.807) is 0 Å². The number of hydrogen-bond acceptors (Lipinski definition) is 1. The summed E-state index contributed by atoms with van der Waals surface area (Å²) in [7, 11) is 0. The Labute approximate surface area is 182 Å². The zero-order valence-corrected chi connectivity index (χ0v) is 22.6. The summed E-state index contributed by atoms with van der Waals surface area (Å²) in [5.74, 6) is 3.60. The maximum atomic E-state index is 8.38. The summed E-state index contributed by atoms with van der Waals surface area (Å²) >= 11 is 0. The summed E-state index contributed by atoms with van der Waals surface area (Å²) in [5.41, 5.74) is 0.604. The van der Waals surface area contributed by atoms with Crippen molar-refractivity contribution in [1.82, 2.24) is 0 Å². The van der Waals surface area contributed by atoms with Gasteiger partial charge in [-0.05, 0) is 48.3 Å². The van der Waals surface area contributed by atoms with E-state index in [1.165, 1.54) is 44.9 Å². The van der Waals surface area contributed by atoms with Crippen LogP contribution in [0.2, 0.25) is 0 Å². The normalized spacial score (nSPS) is 19.7. The number of unbranched alkanes of at least 4 members (excludes halogenated alkanes) is 1. The molecule has 176 valence electrons. The molecule has 0 aliphatic heterocycles. The van der Waals surface area contributed by atoms with Gasteiger partial charge in [-0.1, -0.05) is 122 Å². The zero-order valence-electron chi connectivity index (χ0n) is 22.6. The third-order valence-corrected chi connectivity index (χ3v) is 5.42. The van der Waals surface area contributed by atoms with E-state index < -0.39 is 0 Å². The van der Waals surface area contributed by atoms with E-state index in [4.69, 9.17) is 5.11 Å². The first-order chi connectivity index (χ1) is 13.2. The van der Waals surface area contributed by atoms with Crippen molar-refractivity contribution in [3.8, 4) is 0 Å². The van der Waals surface area contributed by atoms with Gasteiger partial charge in [0.25, 0.3) is 0 Å². The number of rotatable bonds is 7. The van der Waals surface area contributed by atoms with Crippen molar-refractivity contribution in [3.05, 3.63) is 0 Å². The molecule has 0 aromatic rings. The van der Waals surface area contributed by atoms with Gasteiger partial charge in [0.2, 0.25) is 0 Å². The van der Waals surface area contributed by atoms with Crippen molar-refractivity contribution >= 4 is 0 Å². The van der Waals surface area contributed by atoms with Gasteiger partial charge in [-0.15, -0.1) is 0 Å². The number of aliphatic hydroxyl groups excluding tert-OH is 1. The van der Waals surface area contributed by atoms with Crippen LogP contribution in [0.3, 0.4) is 0 Å². The smallest absolute Gasteiger partial charge is 0.0431 e. The van der Waals surface area contributed by atoms with E-state index in [1.807, 2.05) is 41.5 Å². The summed E-state index contributed by atoms with van der Waals surface area (Å²) in [4.78, 5) is 0. The van der Waals surface area contributed by atoms with Crippen LogP contribution in [0.15, 0.2) is 0 Å². The molecule has 0 aromatic carbocycles. The van der Waals surface area contributed by atoms with Crippen LogP contribution in [0.25, 0.3) is 0 Å². The summed E-state index contributed by atoms with van der Waals surface area (Å²) in [5, 5.41) is 8.38. The second-order valence-electron chi connectivity index (χ2n) is 9.05. The van der Waals surface area contributed by atoms with E-state index in [2.05, 4.69) is 48.5 Å². The molecule has 2 unspecified atom stereocenters. The Hall–Kier alpha value is -0.0400. The fourth-order valence-corrected chi connectivity index (χ4v) is 3.89. The Kier molecular flexibility index (Phi) is 31.6. The lowest BCUT2D eigenvalue weighted by atomic mass is 9.62. The van der Waals surface area contributed by atoms with Gasteiger partial charge in [0, 0.05) is 6.61 Å². The van der Waals surface area contributed by atoms with Crippen LogP contribution in [0, 0.1) is 29.1 Å². The fraction of sp³-hybridized carbons (Fsp3) is 1.00. The van der Waals surface area contributed by atoms with Crippen molar-refractivity contribution in [2.75, 3.05) is 6.61 Å². The average Bonchev–Trinajstić information content (AvgIpc) is 2.66. The molecule has 0 heterocycles. The third-order valence-electron chi connectivity index (χ3n) is 5.42. The second-order valence-corrected chi connectivity index (χ2v) is 9.05. The van der Waals surface area contributed by atoms with Crippen LogP contribution in [0.5, 0.6) is 0 Å². The average molecular weight is 403 g/mol. The Morgan fingerprint density at radius 3 is 1.64 bits per heavy atom. The van der Waals surface area contributed by atoms with Gasteiger partial charge in [0.1, 0.15) is 0 Å². The summed E-state index contributed by atoms with van der Waals surface area (Å²) in [6.07, 6.45) is 10.6. The first-order valence-electron chi connectivity index (χ1n) is 12.8. The summed E-state index contributed by atoms with van der Waals surface area (Å²) in [6, 6.07) is 0. The number of hydrogen-bond donors (Lipinski definition) is 1. The van der Waals surface area contributed by atoms with E-state index >= 15 is 0 Å². The summed E-state index contributed by atoms with van der Waals surface area (Å²) < 4.78 is 0. The highest BCUT2D eigenvalue weighted by molar-refractivity contribution is 4.86. The van der Waals surface area contributed by atoms with Crippen molar-refractivity contribution in [3.63, 3.8) is 0 Å². The summed E-state index contributed by atoms with van der Waals surface area (Å²) in [6.45, 7) is 28.9. The minimum absolute atomic E-state index is 0.354. The van der Waals surface area contributed by atoms with Gasteiger partial charge in [-0.2, -0.15) is 0 Å². The maximum absolute atomic E-state index is 8.38. The minimum atomic E-state index is 0.354. The predicted octanol–water partition coefficient (Wildman–Crippen LogP) is 9.77. The molecule has 1 aliphatic carbocycles. The van der Waals surface area contributed by atoms with Crippen molar-refractivity contribution in [1.29, 1.82) is 0 Å². The fourth-order valence-electron chi connectivity index (χ4n) is 3.89. The molecule has 1 N–H and O–H groups in total. The molecule has 2 atom stereocenters. The molecule has 1 fully saturated rings. The molecule has 0 saturated heterocycles. The molecule has 0 aromatic heterocycles. The van der Waals surface area contributed by atoms with Crippen LogP contribution in [0.4, 0.5) is 0 Å². The molecule has 0 bridgehead atoms. The topological polar surface area (TPSA) is 20.2 Å². The van der Waals surface area contributed by atoms with Gasteiger partial charge in [-0.3, -0.25) is 0 Å². The van der Waals surface area contributed by atoms with Crippen molar-refractivity contribution in [2.45, 2.75) is 141 Å². The molecule has 0 amide bonds. The molecular formula is C27H62O. The highest BCUT2D eigenvalue weighted by Gasteiger charge is 2.36. The lowest BCUT2D eigenvalue weighted by Crippen LogP contribution is -2.33.